The van der Waals surface area contributed by atoms with E-state index in [1.807, 2.05) is 25.1 Å². The summed E-state index contributed by atoms with van der Waals surface area (Å²) in [7, 11) is 0. The molecule has 1 aliphatic rings. The molecule has 0 spiro atoms. The van der Waals surface area contributed by atoms with Crippen molar-refractivity contribution < 1.29 is 23.1 Å². The minimum absolute atomic E-state index is 0.0564. The van der Waals surface area contributed by atoms with Crippen molar-refractivity contribution in [3.8, 4) is 6.07 Å². The molecular formula is C25H27F3N2O2. The fourth-order valence-corrected chi connectivity index (χ4v) is 4.42. The van der Waals surface area contributed by atoms with Crippen molar-refractivity contribution >= 4 is 5.91 Å². The second-order valence-electron chi connectivity index (χ2n) is 8.48. The number of nitrogens with zero attached hydrogens (tertiary/aromatic N) is 2. The van der Waals surface area contributed by atoms with Gasteiger partial charge in [-0.25, -0.2) is 0 Å². The van der Waals surface area contributed by atoms with Gasteiger partial charge in [-0.15, -0.1) is 0 Å². The van der Waals surface area contributed by atoms with E-state index in [9.17, 15) is 23.1 Å². The lowest BCUT2D eigenvalue weighted by atomic mass is 9.80. The second-order valence-corrected chi connectivity index (χ2v) is 8.48. The third kappa shape index (κ3) is 4.81. The maximum absolute atomic E-state index is 13.1. The number of hydrogen-bond acceptors (Lipinski definition) is 3. The van der Waals surface area contributed by atoms with Gasteiger partial charge in [0.15, 0.2) is 5.60 Å². The average molecular weight is 444 g/mol. The summed E-state index contributed by atoms with van der Waals surface area (Å²) in [5.41, 5.74) is -1.19. The molecule has 0 bridgehead atoms. The van der Waals surface area contributed by atoms with Crippen LogP contribution in [0.1, 0.15) is 72.5 Å². The molecule has 7 heteroatoms. The number of nitriles is 1. The van der Waals surface area contributed by atoms with Gasteiger partial charge < -0.3 is 10.0 Å². The van der Waals surface area contributed by atoms with Gasteiger partial charge in [-0.2, -0.15) is 18.4 Å². The summed E-state index contributed by atoms with van der Waals surface area (Å²) in [6, 6.07) is 14.9. The Bertz CT molecular complexity index is 985. The van der Waals surface area contributed by atoms with E-state index < -0.39 is 11.8 Å². The standard InChI is InChI=1S/C25H27F3N2O2/c1-3-30(22-13-9-18(10-14-22)20-6-4-5-17(15-20)16-29)23(31)19-7-11-21(12-8-19)24(2,32)25(26,27)28/h4-8,11-12,15,18,22,32H,3,9-10,13-14H2,1-2H3/t18-,22-,24-/m0/s1. The Morgan fingerprint density at radius 2 is 1.75 bits per heavy atom. The Hall–Kier alpha value is -2.85. The number of alkyl halides is 3. The maximum Gasteiger partial charge on any atom is 0.421 e. The number of carbonyl (C=O) groups excluding carboxylic acids is 1. The number of rotatable bonds is 5. The molecular weight excluding hydrogens is 417 g/mol. The number of carbonyl (C=O) groups is 1. The second kappa shape index (κ2) is 9.33. The molecule has 1 aliphatic carbocycles. The van der Waals surface area contributed by atoms with Crippen molar-refractivity contribution in [2.24, 2.45) is 0 Å². The third-order valence-electron chi connectivity index (χ3n) is 6.47. The van der Waals surface area contributed by atoms with Crippen molar-refractivity contribution in [1.29, 1.82) is 5.26 Å². The van der Waals surface area contributed by atoms with Crippen LogP contribution in [-0.4, -0.2) is 34.7 Å². The van der Waals surface area contributed by atoms with E-state index in [1.165, 1.54) is 12.1 Å². The van der Waals surface area contributed by atoms with Gasteiger partial charge in [0.25, 0.3) is 5.91 Å². The van der Waals surface area contributed by atoms with E-state index in [4.69, 9.17) is 5.26 Å². The molecule has 2 aromatic carbocycles. The smallest absolute Gasteiger partial charge is 0.376 e. The topological polar surface area (TPSA) is 64.3 Å². The molecule has 1 N–H and O–H groups in total. The fraction of sp³-hybridized carbons (Fsp3) is 0.440. The first kappa shape index (κ1) is 23.8. The van der Waals surface area contributed by atoms with Gasteiger partial charge in [-0.1, -0.05) is 24.3 Å². The largest absolute Gasteiger partial charge is 0.421 e. The highest BCUT2D eigenvalue weighted by atomic mass is 19.4. The maximum atomic E-state index is 13.1. The molecule has 170 valence electrons. The number of aliphatic hydroxyl groups is 1. The van der Waals surface area contributed by atoms with Crippen LogP contribution < -0.4 is 0 Å². The molecule has 4 nitrogen and oxygen atoms in total. The summed E-state index contributed by atoms with van der Waals surface area (Å²) >= 11 is 0. The van der Waals surface area contributed by atoms with E-state index in [1.54, 1.807) is 11.0 Å². The normalized spacial score (nSPS) is 20.8. The van der Waals surface area contributed by atoms with Gasteiger partial charge in [-0.3, -0.25) is 4.79 Å². The first-order valence-corrected chi connectivity index (χ1v) is 10.8. The molecule has 1 fully saturated rings. The third-order valence-corrected chi connectivity index (χ3v) is 6.47. The lowest BCUT2D eigenvalue weighted by Crippen LogP contribution is -2.42. The first-order chi connectivity index (χ1) is 15.1. The van der Waals surface area contributed by atoms with Crippen LogP contribution in [0.15, 0.2) is 48.5 Å². The molecule has 1 amide bonds. The summed E-state index contributed by atoms with van der Waals surface area (Å²) in [4.78, 5) is 14.8. The Labute approximate surface area is 186 Å². The summed E-state index contributed by atoms with van der Waals surface area (Å²) in [5, 5.41) is 18.9. The highest BCUT2D eigenvalue weighted by Crippen LogP contribution is 2.39. The lowest BCUT2D eigenvalue weighted by molar-refractivity contribution is -0.258. The first-order valence-electron chi connectivity index (χ1n) is 10.8. The zero-order valence-electron chi connectivity index (χ0n) is 18.2. The Balaban J connectivity index is 1.68. The van der Waals surface area contributed by atoms with Crippen LogP contribution in [0.2, 0.25) is 0 Å². The van der Waals surface area contributed by atoms with Crippen molar-refractivity contribution in [1.82, 2.24) is 4.90 Å². The number of halogens is 3. The number of amides is 1. The van der Waals surface area contributed by atoms with E-state index in [0.29, 0.717) is 30.5 Å². The zero-order chi connectivity index (χ0) is 23.5. The quantitative estimate of drug-likeness (QED) is 0.661. The average Bonchev–Trinajstić information content (AvgIpc) is 2.79. The van der Waals surface area contributed by atoms with Crippen LogP contribution in [-0.2, 0) is 5.60 Å². The summed E-state index contributed by atoms with van der Waals surface area (Å²) in [5.74, 6) is 0.123. The molecule has 1 atom stereocenters. The van der Waals surface area contributed by atoms with Gasteiger partial charge in [0.2, 0.25) is 0 Å². The van der Waals surface area contributed by atoms with Gasteiger partial charge in [0, 0.05) is 18.2 Å². The predicted octanol–water partition coefficient (Wildman–Crippen LogP) is 5.52. The van der Waals surface area contributed by atoms with Gasteiger partial charge in [0.1, 0.15) is 0 Å². The lowest BCUT2D eigenvalue weighted by Gasteiger charge is -2.37. The molecule has 1 saturated carbocycles. The number of benzene rings is 2. The summed E-state index contributed by atoms with van der Waals surface area (Å²) in [6.07, 6.45) is -1.36. The molecule has 0 aromatic heterocycles. The Morgan fingerprint density at radius 3 is 2.28 bits per heavy atom. The van der Waals surface area contributed by atoms with Crippen LogP contribution in [0.5, 0.6) is 0 Å². The Kier molecular flexibility index (Phi) is 6.94. The van der Waals surface area contributed by atoms with Crippen LogP contribution in [0.4, 0.5) is 13.2 Å². The zero-order valence-corrected chi connectivity index (χ0v) is 18.2. The minimum atomic E-state index is -4.81. The van der Waals surface area contributed by atoms with Crippen LogP contribution in [0, 0.1) is 11.3 Å². The van der Waals surface area contributed by atoms with Gasteiger partial charge >= 0.3 is 6.18 Å². The molecule has 0 unspecified atom stereocenters. The van der Waals surface area contributed by atoms with Crippen molar-refractivity contribution in [2.45, 2.75) is 63.3 Å². The molecule has 0 heterocycles. The van der Waals surface area contributed by atoms with Crippen LogP contribution >= 0.6 is 0 Å². The van der Waals surface area contributed by atoms with E-state index in [-0.39, 0.29) is 17.5 Å². The highest BCUT2D eigenvalue weighted by molar-refractivity contribution is 5.94. The predicted molar refractivity (Wildman–Crippen MR) is 115 cm³/mol. The van der Waals surface area contributed by atoms with E-state index in [2.05, 4.69) is 6.07 Å². The van der Waals surface area contributed by atoms with E-state index in [0.717, 1.165) is 43.4 Å². The summed E-state index contributed by atoms with van der Waals surface area (Å²) < 4.78 is 39.2. The van der Waals surface area contributed by atoms with Gasteiger partial charge in [0.05, 0.1) is 11.6 Å². The molecule has 3 rings (SSSR count). The Morgan fingerprint density at radius 1 is 1.12 bits per heavy atom. The van der Waals surface area contributed by atoms with Crippen molar-refractivity contribution in [3.05, 3.63) is 70.8 Å². The fourth-order valence-electron chi connectivity index (χ4n) is 4.42. The van der Waals surface area contributed by atoms with Gasteiger partial charge in [-0.05, 0) is 80.8 Å². The monoisotopic (exact) mass is 444 g/mol. The molecule has 0 radical (unpaired) electrons. The minimum Gasteiger partial charge on any atom is -0.376 e. The number of hydrogen-bond donors (Lipinski definition) is 1. The van der Waals surface area contributed by atoms with Crippen LogP contribution in [0.3, 0.4) is 0 Å². The van der Waals surface area contributed by atoms with Crippen LogP contribution in [0.25, 0.3) is 0 Å². The molecule has 0 saturated heterocycles. The molecule has 2 aromatic rings. The SMILES string of the molecule is CCN(C(=O)c1ccc([C@](C)(O)C(F)(F)F)cc1)[C@H]1CC[C@H](c2cccc(C#N)c2)CC1. The van der Waals surface area contributed by atoms with Crippen molar-refractivity contribution in [2.75, 3.05) is 6.54 Å². The highest BCUT2D eigenvalue weighted by Gasteiger charge is 2.51. The molecule has 32 heavy (non-hydrogen) atoms. The van der Waals surface area contributed by atoms with Crippen molar-refractivity contribution in [3.63, 3.8) is 0 Å². The summed E-state index contributed by atoms with van der Waals surface area (Å²) in [6.45, 7) is 3.09. The molecule has 0 aliphatic heterocycles. The van der Waals surface area contributed by atoms with E-state index >= 15 is 0 Å².